The molecule has 0 spiro atoms. The molecule has 2 saturated heterocycles. The summed E-state index contributed by atoms with van der Waals surface area (Å²) in [5.74, 6) is 1.46. The van der Waals surface area contributed by atoms with Gasteiger partial charge in [-0.1, -0.05) is 25.1 Å². The third kappa shape index (κ3) is 5.01. The van der Waals surface area contributed by atoms with Crippen LogP contribution in [0.15, 0.2) is 35.3 Å². The molecule has 2 N–H and O–H groups in total. The van der Waals surface area contributed by atoms with Crippen LogP contribution in [0.5, 0.6) is 0 Å². The van der Waals surface area contributed by atoms with E-state index in [0.29, 0.717) is 18.5 Å². The minimum Gasteiger partial charge on any atom is -0.368 e. The highest BCUT2D eigenvalue weighted by Crippen LogP contribution is 2.31. The molecule has 29 heavy (non-hydrogen) atoms. The number of para-hydroxylation sites is 1. The van der Waals surface area contributed by atoms with Crippen LogP contribution in [0, 0.1) is 5.92 Å². The summed E-state index contributed by atoms with van der Waals surface area (Å²) in [5, 5.41) is 6.77. The van der Waals surface area contributed by atoms with E-state index in [4.69, 9.17) is 0 Å². The molecule has 158 valence electrons. The van der Waals surface area contributed by atoms with Gasteiger partial charge in [-0.05, 0) is 30.9 Å². The van der Waals surface area contributed by atoms with Crippen LogP contribution in [-0.2, 0) is 4.79 Å². The molecule has 1 saturated carbocycles. The Labute approximate surface area is 174 Å². The number of carbonyl (C=O) groups excluding carboxylic acids is 1. The summed E-state index contributed by atoms with van der Waals surface area (Å²) in [6.45, 7) is 8.09. The van der Waals surface area contributed by atoms with Gasteiger partial charge < -0.3 is 20.4 Å². The predicted octanol–water partition coefficient (Wildman–Crippen LogP) is 0.983. The summed E-state index contributed by atoms with van der Waals surface area (Å²) < 4.78 is 0. The van der Waals surface area contributed by atoms with Crippen molar-refractivity contribution in [2.24, 2.45) is 10.9 Å². The second-order valence-electron chi connectivity index (χ2n) is 8.54. The van der Waals surface area contributed by atoms with Gasteiger partial charge in [-0.15, -0.1) is 0 Å². The van der Waals surface area contributed by atoms with Gasteiger partial charge in [-0.2, -0.15) is 0 Å². The number of hydrogen-bond acceptors (Lipinski definition) is 4. The number of amides is 1. The van der Waals surface area contributed by atoms with Crippen LogP contribution in [0.1, 0.15) is 19.8 Å². The normalized spacial score (nSPS) is 25.9. The van der Waals surface area contributed by atoms with Crippen LogP contribution < -0.4 is 15.5 Å². The lowest BCUT2D eigenvalue weighted by molar-refractivity contribution is -0.130. The maximum Gasteiger partial charge on any atom is 0.242 e. The van der Waals surface area contributed by atoms with Crippen LogP contribution >= 0.6 is 0 Å². The first kappa shape index (κ1) is 20.0. The molecular formula is C22H34N6O. The summed E-state index contributed by atoms with van der Waals surface area (Å²) in [5.41, 5.74) is 1.23. The van der Waals surface area contributed by atoms with Crippen LogP contribution in [-0.4, -0.2) is 86.6 Å². The molecule has 1 aliphatic carbocycles. The Balaban J connectivity index is 1.20. The summed E-state index contributed by atoms with van der Waals surface area (Å²) in [6, 6.07) is 11.6. The monoisotopic (exact) mass is 398 g/mol. The molecule has 7 heteroatoms. The van der Waals surface area contributed by atoms with Gasteiger partial charge in [0.15, 0.2) is 5.96 Å². The van der Waals surface area contributed by atoms with Crippen molar-refractivity contribution in [2.75, 3.05) is 57.8 Å². The Kier molecular flexibility index (Phi) is 6.23. The van der Waals surface area contributed by atoms with Crippen molar-refractivity contribution >= 4 is 17.6 Å². The van der Waals surface area contributed by atoms with E-state index in [-0.39, 0.29) is 5.91 Å². The summed E-state index contributed by atoms with van der Waals surface area (Å²) in [4.78, 5) is 23.9. The van der Waals surface area contributed by atoms with Crippen molar-refractivity contribution in [3.05, 3.63) is 30.3 Å². The Hall–Kier alpha value is -2.28. The third-order valence-electron chi connectivity index (χ3n) is 6.41. The number of benzene rings is 1. The predicted molar refractivity (Wildman–Crippen MR) is 117 cm³/mol. The fraction of sp³-hybridized carbons (Fsp3) is 0.636. The molecule has 2 atom stereocenters. The SMILES string of the molecule is CN=C(NCC(=O)N1CCN(c2ccccc2)CC1)NC1CN(C2CC2)CC1C. The highest BCUT2D eigenvalue weighted by Gasteiger charge is 2.38. The molecule has 7 nitrogen and oxygen atoms in total. The molecule has 1 aromatic carbocycles. The second-order valence-corrected chi connectivity index (χ2v) is 8.54. The van der Waals surface area contributed by atoms with Crippen molar-refractivity contribution in [1.82, 2.24) is 20.4 Å². The second kappa shape index (κ2) is 9.03. The molecule has 0 aromatic heterocycles. The molecule has 4 rings (SSSR count). The maximum absolute atomic E-state index is 12.7. The summed E-state index contributed by atoms with van der Waals surface area (Å²) in [7, 11) is 1.77. The highest BCUT2D eigenvalue weighted by atomic mass is 16.2. The van der Waals surface area contributed by atoms with Gasteiger partial charge in [0.25, 0.3) is 0 Å². The number of rotatable bonds is 5. The molecule has 1 aromatic rings. The van der Waals surface area contributed by atoms with Gasteiger partial charge in [0.1, 0.15) is 0 Å². The molecule has 3 aliphatic rings. The van der Waals surface area contributed by atoms with E-state index in [9.17, 15) is 4.79 Å². The minimum atomic E-state index is 0.139. The zero-order chi connectivity index (χ0) is 20.2. The number of aliphatic imine (C=N–C) groups is 1. The smallest absolute Gasteiger partial charge is 0.242 e. The number of carbonyl (C=O) groups is 1. The van der Waals surface area contributed by atoms with Crippen LogP contribution in [0.4, 0.5) is 5.69 Å². The topological polar surface area (TPSA) is 63.2 Å². The van der Waals surface area contributed by atoms with Crippen molar-refractivity contribution in [3.63, 3.8) is 0 Å². The number of piperazine rings is 1. The van der Waals surface area contributed by atoms with E-state index in [1.165, 1.54) is 18.5 Å². The molecular weight excluding hydrogens is 364 g/mol. The summed E-state index contributed by atoms with van der Waals surface area (Å²) >= 11 is 0. The maximum atomic E-state index is 12.7. The van der Waals surface area contributed by atoms with E-state index in [0.717, 1.165) is 51.3 Å². The summed E-state index contributed by atoms with van der Waals surface area (Å²) in [6.07, 6.45) is 2.69. The fourth-order valence-corrected chi connectivity index (χ4v) is 4.42. The van der Waals surface area contributed by atoms with Gasteiger partial charge in [0.2, 0.25) is 5.91 Å². The standard InChI is InChI=1S/C22H34N6O/c1-17-15-28(19-8-9-19)16-20(17)25-22(23-2)24-14-21(29)27-12-10-26(11-13-27)18-6-4-3-5-7-18/h3-7,17,19-20H,8-16H2,1-2H3,(H2,23,24,25). The molecule has 2 heterocycles. The van der Waals surface area contributed by atoms with Crippen LogP contribution in [0.2, 0.25) is 0 Å². The van der Waals surface area contributed by atoms with E-state index in [2.05, 4.69) is 56.6 Å². The largest absolute Gasteiger partial charge is 0.368 e. The number of nitrogens with zero attached hydrogens (tertiary/aromatic N) is 4. The lowest BCUT2D eigenvalue weighted by atomic mass is 10.1. The molecule has 0 radical (unpaired) electrons. The average molecular weight is 399 g/mol. The molecule has 2 aliphatic heterocycles. The van der Waals surface area contributed by atoms with E-state index >= 15 is 0 Å². The van der Waals surface area contributed by atoms with Crippen molar-refractivity contribution < 1.29 is 4.79 Å². The molecule has 2 unspecified atom stereocenters. The van der Waals surface area contributed by atoms with Gasteiger partial charge in [-0.25, -0.2) is 0 Å². The zero-order valence-corrected chi connectivity index (χ0v) is 17.7. The van der Waals surface area contributed by atoms with Gasteiger partial charge in [-0.3, -0.25) is 14.7 Å². The zero-order valence-electron chi connectivity index (χ0n) is 17.7. The first-order chi connectivity index (χ1) is 14.1. The lowest BCUT2D eigenvalue weighted by Crippen LogP contribution is -2.53. The number of guanidine groups is 1. The van der Waals surface area contributed by atoms with E-state index in [1.54, 1.807) is 7.05 Å². The lowest BCUT2D eigenvalue weighted by Gasteiger charge is -2.36. The first-order valence-electron chi connectivity index (χ1n) is 10.9. The Morgan fingerprint density at radius 1 is 1.10 bits per heavy atom. The van der Waals surface area contributed by atoms with Crippen molar-refractivity contribution in [2.45, 2.75) is 31.8 Å². The third-order valence-corrected chi connectivity index (χ3v) is 6.41. The quantitative estimate of drug-likeness (QED) is 0.572. The Morgan fingerprint density at radius 2 is 1.83 bits per heavy atom. The van der Waals surface area contributed by atoms with E-state index in [1.807, 2.05) is 11.0 Å². The minimum absolute atomic E-state index is 0.139. The van der Waals surface area contributed by atoms with Gasteiger partial charge >= 0.3 is 0 Å². The molecule has 3 fully saturated rings. The molecule has 0 bridgehead atoms. The number of likely N-dealkylation sites (tertiary alicyclic amines) is 1. The van der Waals surface area contributed by atoms with E-state index < -0.39 is 0 Å². The average Bonchev–Trinajstić information content (AvgIpc) is 3.55. The van der Waals surface area contributed by atoms with Crippen molar-refractivity contribution in [3.8, 4) is 0 Å². The highest BCUT2D eigenvalue weighted by molar-refractivity contribution is 5.86. The Morgan fingerprint density at radius 3 is 2.48 bits per heavy atom. The molecule has 1 amide bonds. The van der Waals surface area contributed by atoms with Crippen LogP contribution in [0.3, 0.4) is 0 Å². The number of hydrogen-bond donors (Lipinski definition) is 2. The fourth-order valence-electron chi connectivity index (χ4n) is 4.42. The first-order valence-corrected chi connectivity index (χ1v) is 10.9. The Bertz CT molecular complexity index is 711. The number of anilines is 1. The van der Waals surface area contributed by atoms with Crippen LogP contribution in [0.25, 0.3) is 0 Å². The van der Waals surface area contributed by atoms with Gasteiger partial charge in [0.05, 0.1) is 6.54 Å². The number of nitrogens with one attached hydrogen (secondary N) is 2. The van der Waals surface area contributed by atoms with Gasteiger partial charge in [0, 0.05) is 64.1 Å². The van der Waals surface area contributed by atoms with Crippen molar-refractivity contribution in [1.29, 1.82) is 0 Å².